The van der Waals surface area contributed by atoms with Crippen LogP contribution in [0.1, 0.15) is 20.7 Å². The minimum Gasteiger partial charge on any atom is -0.478 e. The zero-order valence-electron chi connectivity index (χ0n) is 11.3. The van der Waals surface area contributed by atoms with Gasteiger partial charge in [-0.2, -0.15) is 0 Å². The van der Waals surface area contributed by atoms with E-state index in [1.807, 2.05) is 24.3 Å². The van der Waals surface area contributed by atoms with Crippen molar-refractivity contribution in [2.24, 2.45) is 0 Å². The van der Waals surface area contributed by atoms with Crippen LogP contribution in [0.25, 0.3) is 32.3 Å². The maximum Gasteiger partial charge on any atom is 0.336 e. The van der Waals surface area contributed by atoms with Gasteiger partial charge in [0, 0.05) is 0 Å². The number of carbonyl (C=O) groups is 2. The van der Waals surface area contributed by atoms with Crippen molar-refractivity contribution in [2.75, 3.05) is 0 Å². The molecule has 0 heterocycles. The molecule has 0 aliphatic carbocycles. The fourth-order valence-corrected chi connectivity index (χ4v) is 3.19. The van der Waals surface area contributed by atoms with Crippen LogP contribution in [0.3, 0.4) is 0 Å². The first-order valence-corrected chi connectivity index (χ1v) is 6.75. The standard InChI is InChI=1S/C18H10O4/c19-17(20)13-7-6-12-14(18(21)22)8-10-3-1-2-9-4-5-11(13)16(12)15(9)10/h1-8H,(H,19,20)(H,21,22). The first-order valence-electron chi connectivity index (χ1n) is 6.75. The lowest BCUT2D eigenvalue weighted by molar-refractivity contribution is 0.0689. The molecular weight excluding hydrogens is 280 g/mol. The lowest BCUT2D eigenvalue weighted by atomic mass is 9.89. The molecule has 0 amide bonds. The van der Waals surface area contributed by atoms with Gasteiger partial charge in [-0.05, 0) is 44.5 Å². The predicted molar refractivity (Wildman–Crippen MR) is 84.1 cm³/mol. The Morgan fingerprint density at radius 2 is 1.32 bits per heavy atom. The van der Waals surface area contributed by atoms with Gasteiger partial charge in [0.2, 0.25) is 0 Å². The molecule has 22 heavy (non-hydrogen) atoms. The van der Waals surface area contributed by atoms with Gasteiger partial charge in [0.05, 0.1) is 11.1 Å². The Bertz CT molecular complexity index is 1070. The van der Waals surface area contributed by atoms with E-state index in [-0.39, 0.29) is 11.1 Å². The minimum absolute atomic E-state index is 0.182. The van der Waals surface area contributed by atoms with Crippen molar-refractivity contribution in [1.82, 2.24) is 0 Å². The number of rotatable bonds is 2. The Morgan fingerprint density at radius 3 is 2.05 bits per heavy atom. The van der Waals surface area contributed by atoms with E-state index < -0.39 is 11.9 Å². The van der Waals surface area contributed by atoms with E-state index >= 15 is 0 Å². The molecule has 4 rings (SSSR count). The Hall–Kier alpha value is -3.14. The van der Waals surface area contributed by atoms with Gasteiger partial charge >= 0.3 is 11.9 Å². The van der Waals surface area contributed by atoms with Crippen molar-refractivity contribution in [3.05, 3.63) is 59.7 Å². The van der Waals surface area contributed by atoms with Crippen LogP contribution in [-0.2, 0) is 0 Å². The van der Waals surface area contributed by atoms with Gasteiger partial charge in [0.1, 0.15) is 0 Å². The van der Waals surface area contributed by atoms with Gasteiger partial charge in [-0.15, -0.1) is 0 Å². The second-order valence-corrected chi connectivity index (χ2v) is 5.26. The summed E-state index contributed by atoms with van der Waals surface area (Å²) >= 11 is 0. The molecule has 0 saturated carbocycles. The highest BCUT2D eigenvalue weighted by molar-refractivity contribution is 6.29. The molecule has 0 saturated heterocycles. The number of carboxylic acids is 2. The topological polar surface area (TPSA) is 74.6 Å². The average molecular weight is 290 g/mol. The van der Waals surface area contributed by atoms with E-state index in [1.165, 1.54) is 6.07 Å². The second-order valence-electron chi connectivity index (χ2n) is 5.26. The predicted octanol–water partition coefficient (Wildman–Crippen LogP) is 3.98. The molecule has 0 unspecified atom stereocenters. The minimum atomic E-state index is -1.02. The fourth-order valence-electron chi connectivity index (χ4n) is 3.19. The lowest BCUT2D eigenvalue weighted by Crippen LogP contribution is -2.02. The summed E-state index contributed by atoms with van der Waals surface area (Å²) in [6.07, 6.45) is 0. The van der Waals surface area contributed by atoms with Crippen LogP contribution >= 0.6 is 0 Å². The van der Waals surface area contributed by atoms with E-state index in [2.05, 4.69) is 0 Å². The molecule has 4 aromatic carbocycles. The summed E-state index contributed by atoms with van der Waals surface area (Å²) in [5, 5.41) is 23.4. The third-order valence-corrected chi connectivity index (χ3v) is 4.10. The van der Waals surface area contributed by atoms with E-state index in [1.54, 1.807) is 18.2 Å². The van der Waals surface area contributed by atoms with E-state index in [4.69, 9.17) is 0 Å². The smallest absolute Gasteiger partial charge is 0.336 e. The summed E-state index contributed by atoms with van der Waals surface area (Å²) in [4.78, 5) is 23.0. The zero-order chi connectivity index (χ0) is 15.4. The maximum atomic E-state index is 11.6. The van der Waals surface area contributed by atoms with Crippen molar-refractivity contribution in [3.8, 4) is 0 Å². The zero-order valence-corrected chi connectivity index (χ0v) is 11.3. The number of hydrogen-bond donors (Lipinski definition) is 2. The van der Waals surface area contributed by atoms with Gasteiger partial charge in [0.25, 0.3) is 0 Å². The summed E-state index contributed by atoms with van der Waals surface area (Å²) in [6.45, 7) is 0. The molecule has 0 fully saturated rings. The number of carboxylic acid groups (broad SMARTS) is 2. The molecular formula is C18H10O4. The molecule has 0 spiro atoms. The Morgan fingerprint density at radius 1 is 0.682 bits per heavy atom. The van der Waals surface area contributed by atoms with Crippen LogP contribution in [0.2, 0.25) is 0 Å². The highest BCUT2D eigenvalue weighted by atomic mass is 16.4. The summed E-state index contributed by atoms with van der Waals surface area (Å²) in [6, 6.07) is 14.0. The van der Waals surface area contributed by atoms with Crippen molar-refractivity contribution >= 4 is 44.3 Å². The van der Waals surface area contributed by atoms with Crippen molar-refractivity contribution in [3.63, 3.8) is 0 Å². The summed E-state index contributed by atoms with van der Waals surface area (Å²) < 4.78 is 0. The molecule has 0 aliphatic heterocycles. The highest BCUT2D eigenvalue weighted by Gasteiger charge is 2.18. The van der Waals surface area contributed by atoms with Gasteiger partial charge < -0.3 is 10.2 Å². The second kappa shape index (κ2) is 4.18. The van der Waals surface area contributed by atoms with Crippen LogP contribution in [0, 0.1) is 0 Å². The van der Waals surface area contributed by atoms with Crippen LogP contribution in [-0.4, -0.2) is 22.2 Å². The van der Waals surface area contributed by atoms with E-state index in [0.29, 0.717) is 16.2 Å². The molecule has 0 bridgehead atoms. The molecule has 0 radical (unpaired) electrons. The molecule has 0 aliphatic rings. The molecule has 4 heteroatoms. The summed E-state index contributed by atoms with van der Waals surface area (Å²) in [5.74, 6) is -2.04. The third-order valence-electron chi connectivity index (χ3n) is 4.10. The highest BCUT2D eigenvalue weighted by Crippen LogP contribution is 2.37. The van der Waals surface area contributed by atoms with Crippen molar-refractivity contribution < 1.29 is 19.8 Å². The van der Waals surface area contributed by atoms with Gasteiger partial charge in [-0.3, -0.25) is 0 Å². The summed E-state index contributed by atoms with van der Waals surface area (Å²) in [5.41, 5.74) is 0.371. The van der Waals surface area contributed by atoms with Crippen molar-refractivity contribution in [1.29, 1.82) is 0 Å². The fraction of sp³-hybridized carbons (Fsp3) is 0. The molecule has 4 aromatic rings. The lowest BCUT2D eigenvalue weighted by Gasteiger charge is -2.14. The largest absolute Gasteiger partial charge is 0.478 e. The molecule has 0 atom stereocenters. The third kappa shape index (κ3) is 1.52. The van der Waals surface area contributed by atoms with Crippen molar-refractivity contribution in [2.45, 2.75) is 0 Å². The van der Waals surface area contributed by atoms with Gasteiger partial charge in [-0.1, -0.05) is 36.4 Å². The number of hydrogen-bond acceptors (Lipinski definition) is 2. The number of benzene rings is 4. The van der Waals surface area contributed by atoms with Crippen LogP contribution in [0.5, 0.6) is 0 Å². The molecule has 4 nitrogen and oxygen atoms in total. The quantitative estimate of drug-likeness (QED) is 0.547. The Kier molecular flexibility index (Phi) is 2.39. The van der Waals surface area contributed by atoms with Gasteiger partial charge in [-0.25, -0.2) is 9.59 Å². The number of aromatic carboxylic acids is 2. The molecule has 106 valence electrons. The first kappa shape index (κ1) is 12.6. The van der Waals surface area contributed by atoms with Crippen LogP contribution in [0.15, 0.2) is 48.5 Å². The monoisotopic (exact) mass is 290 g/mol. The van der Waals surface area contributed by atoms with Crippen LogP contribution < -0.4 is 0 Å². The van der Waals surface area contributed by atoms with E-state index in [0.717, 1.165) is 16.2 Å². The molecule has 0 aromatic heterocycles. The summed E-state index contributed by atoms with van der Waals surface area (Å²) in [7, 11) is 0. The Labute approximate surface area is 124 Å². The van der Waals surface area contributed by atoms with E-state index in [9.17, 15) is 19.8 Å². The Balaban J connectivity index is 2.38. The normalized spacial score (nSPS) is 11.5. The first-order chi connectivity index (χ1) is 10.6. The van der Waals surface area contributed by atoms with Crippen LogP contribution in [0.4, 0.5) is 0 Å². The van der Waals surface area contributed by atoms with Gasteiger partial charge in [0.15, 0.2) is 0 Å². The SMILES string of the molecule is O=C(O)c1ccc2c(C(=O)O)cc3cccc4ccc1c2c43. The maximum absolute atomic E-state index is 11.6. The molecule has 2 N–H and O–H groups in total. The average Bonchev–Trinajstić information content (AvgIpc) is 2.51.